The van der Waals surface area contributed by atoms with Crippen LogP contribution in [-0.4, -0.2) is 61.4 Å². The van der Waals surface area contributed by atoms with Gasteiger partial charge < -0.3 is 19.9 Å². The lowest BCUT2D eigenvalue weighted by Crippen LogP contribution is -2.42. The summed E-state index contributed by atoms with van der Waals surface area (Å²) < 4.78 is 41.0. The maximum atomic E-state index is 13.3. The average Bonchev–Trinajstić information content (AvgIpc) is 3.54. The number of anilines is 1. The number of hydrogen-bond donors (Lipinski definition) is 3. The van der Waals surface area contributed by atoms with E-state index in [1.165, 1.54) is 18.2 Å². The van der Waals surface area contributed by atoms with Crippen LogP contribution in [0.15, 0.2) is 53.4 Å². The third-order valence-electron chi connectivity index (χ3n) is 9.02. The van der Waals surface area contributed by atoms with E-state index in [2.05, 4.69) is 33.9 Å². The van der Waals surface area contributed by atoms with Gasteiger partial charge >= 0.3 is 5.97 Å². The number of nitrogens with one attached hydrogen (secondary N) is 2. The molecule has 1 heterocycles. The molecule has 2 aromatic carbocycles. The lowest BCUT2D eigenvalue weighted by molar-refractivity contribution is 0.0696. The molecule has 0 radical (unpaired) electrons. The number of rotatable bonds is 13. The molecule has 2 unspecified atom stereocenters. The van der Waals surface area contributed by atoms with E-state index in [0.717, 1.165) is 54.9 Å². The summed E-state index contributed by atoms with van der Waals surface area (Å²) in [4.78, 5) is 20.3. The molecule has 46 heavy (non-hydrogen) atoms. The van der Waals surface area contributed by atoms with E-state index in [-0.39, 0.29) is 40.7 Å². The fourth-order valence-corrected chi connectivity index (χ4v) is 8.02. The van der Waals surface area contributed by atoms with Gasteiger partial charge in [0.2, 0.25) is 11.8 Å². The van der Waals surface area contributed by atoms with E-state index in [4.69, 9.17) is 9.47 Å². The minimum atomic E-state index is -4.20. The fourth-order valence-electron chi connectivity index (χ4n) is 7.03. The number of carbonyl (C=O) groups is 1. The number of carboxylic acids is 1. The van der Waals surface area contributed by atoms with Crippen molar-refractivity contribution in [2.45, 2.75) is 82.9 Å². The Bertz CT molecular complexity index is 1600. The number of halogens is 1. The number of methoxy groups -OCH3 is 1. The number of ether oxygens (including phenoxy) is 2. The highest BCUT2D eigenvalue weighted by Crippen LogP contribution is 2.45. The summed E-state index contributed by atoms with van der Waals surface area (Å²) in [7, 11) is -2.39. The smallest absolute Gasteiger partial charge is 0.335 e. The second-order valence-electron chi connectivity index (χ2n) is 12.9. The Morgan fingerprint density at radius 1 is 1.00 bits per heavy atom. The first-order chi connectivity index (χ1) is 21.4. The molecule has 0 amide bonds. The number of sulfonamides is 1. The van der Waals surface area contributed by atoms with Crippen LogP contribution in [0, 0.1) is 31.6 Å². The number of benzene rings is 2. The van der Waals surface area contributed by atoms with Crippen molar-refractivity contribution in [3.05, 3.63) is 65.2 Å². The van der Waals surface area contributed by atoms with Gasteiger partial charge in [-0.05, 0) is 93.0 Å². The van der Waals surface area contributed by atoms with Crippen molar-refractivity contribution >= 4 is 34.3 Å². The molecule has 1 aromatic heterocycles. The predicted octanol–water partition coefficient (Wildman–Crippen LogP) is 6.27. The standard InChI is InChI=1S/C34H44N4O6S.ClH/c1-20(2)12-27(35-26-13-24-15-28(43-5)16-25(24)14-26)19-44-31-18-30(32-21(3)8-6-9-22(32)4)36-34(37-31)38-45(41,42)29-11-7-10-23(17-29)33(39)40;/h6-11,17-18,20,24-28,35H,12-16,19H2,1-5H3,(H,39,40)(H,36,37,38);1H/t24-,25+,26?,27-,28?;/m1./s1. The molecule has 250 valence electrons. The molecule has 10 nitrogen and oxygen atoms in total. The van der Waals surface area contributed by atoms with Crippen molar-refractivity contribution in [3.8, 4) is 17.1 Å². The van der Waals surface area contributed by atoms with E-state index < -0.39 is 16.0 Å². The first-order valence-corrected chi connectivity index (χ1v) is 17.1. The first kappa shape index (κ1) is 35.6. The van der Waals surface area contributed by atoms with Crippen LogP contribution < -0.4 is 14.8 Å². The number of fused-ring (bicyclic) bond motifs is 1. The molecule has 2 aliphatic rings. The normalized spacial score (nSPS) is 21.4. The summed E-state index contributed by atoms with van der Waals surface area (Å²) in [6.45, 7) is 8.69. The fraction of sp³-hybridized carbons (Fsp3) is 0.500. The maximum absolute atomic E-state index is 13.3. The zero-order valence-corrected chi connectivity index (χ0v) is 28.7. The molecular formula is C34H45ClN4O6S. The van der Waals surface area contributed by atoms with Gasteiger partial charge in [0.1, 0.15) is 6.61 Å². The predicted molar refractivity (Wildman–Crippen MR) is 180 cm³/mol. The molecule has 0 saturated heterocycles. The zero-order chi connectivity index (χ0) is 32.3. The largest absolute Gasteiger partial charge is 0.478 e. The molecule has 5 rings (SSSR count). The van der Waals surface area contributed by atoms with Gasteiger partial charge in [0.15, 0.2) is 0 Å². The molecule has 5 atom stereocenters. The minimum Gasteiger partial charge on any atom is -0.478 e. The van der Waals surface area contributed by atoms with Crippen molar-refractivity contribution in [3.63, 3.8) is 0 Å². The van der Waals surface area contributed by atoms with Gasteiger partial charge in [-0.25, -0.2) is 22.9 Å². The van der Waals surface area contributed by atoms with Crippen LogP contribution >= 0.6 is 12.4 Å². The van der Waals surface area contributed by atoms with E-state index in [0.29, 0.717) is 42.2 Å². The SMILES string of the molecule is COC1C[C@H]2CC(N[C@@H](COc3cc(-c4c(C)cccc4C)nc(NS(=O)(=O)c4cccc(C(=O)O)c4)n3)CC(C)C)C[C@H]2C1.Cl. The number of aromatic carboxylic acids is 1. The molecule has 2 aliphatic carbocycles. The molecule has 12 heteroatoms. The Morgan fingerprint density at radius 3 is 2.26 bits per heavy atom. The number of hydrogen-bond acceptors (Lipinski definition) is 8. The van der Waals surface area contributed by atoms with E-state index in [9.17, 15) is 18.3 Å². The molecule has 0 aliphatic heterocycles. The number of aromatic nitrogens is 2. The topological polar surface area (TPSA) is 140 Å². The zero-order valence-electron chi connectivity index (χ0n) is 27.0. The van der Waals surface area contributed by atoms with Crippen molar-refractivity contribution in [1.82, 2.24) is 15.3 Å². The minimum absolute atomic E-state index is 0. The van der Waals surface area contributed by atoms with E-state index >= 15 is 0 Å². The van der Waals surface area contributed by atoms with Gasteiger partial charge in [-0.1, -0.05) is 38.1 Å². The van der Waals surface area contributed by atoms with Crippen LogP contribution in [0.1, 0.15) is 67.4 Å². The van der Waals surface area contributed by atoms with Crippen molar-refractivity contribution in [1.29, 1.82) is 0 Å². The Morgan fingerprint density at radius 2 is 1.65 bits per heavy atom. The summed E-state index contributed by atoms with van der Waals surface area (Å²) >= 11 is 0. The molecule has 0 bridgehead atoms. The van der Waals surface area contributed by atoms with Crippen LogP contribution in [-0.2, 0) is 14.8 Å². The van der Waals surface area contributed by atoms with Gasteiger partial charge in [0.05, 0.1) is 22.3 Å². The molecular weight excluding hydrogens is 628 g/mol. The van der Waals surface area contributed by atoms with Crippen molar-refractivity contribution < 1.29 is 27.8 Å². The van der Waals surface area contributed by atoms with Gasteiger partial charge in [-0.3, -0.25) is 0 Å². The summed E-state index contributed by atoms with van der Waals surface area (Å²) in [5, 5.41) is 13.2. The van der Waals surface area contributed by atoms with Crippen LogP contribution in [0.3, 0.4) is 0 Å². The molecule has 2 saturated carbocycles. The monoisotopic (exact) mass is 672 g/mol. The highest BCUT2D eigenvalue weighted by Gasteiger charge is 2.42. The third-order valence-corrected chi connectivity index (χ3v) is 10.3. The highest BCUT2D eigenvalue weighted by atomic mass is 35.5. The summed E-state index contributed by atoms with van der Waals surface area (Å²) in [5.74, 6) is 0.713. The van der Waals surface area contributed by atoms with Gasteiger partial charge in [-0.15, -0.1) is 12.4 Å². The van der Waals surface area contributed by atoms with Crippen LogP contribution in [0.2, 0.25) is 0 Å². The lowest BCUT2D eigenvalue weighted by atomic mass is 10.00. The number of nitrogens with zero attached hydrogens (tertiary/aromatic N) is 2. The van der Waals surface area contributed by atoms with Crippen LogP contribution in [0.5, 0.6) is 5.88 Å². The van der Waals surface area contributed by atoms with Crippen LogP contribution in [0.4, 0.5) is 5.95 Å². The highest BCUT2D eigenvalue weighted by molar-refractivity contribution is 7.92. The molecule has 2 fully saturated rings. The Balaban J connectivity index is 0.00000480. The molecule has 3 N–H and O–H groups in total. The van der Waals surface area contributed by atoms with E-state index in [1.807, 2.05) is 39.2 Å². The lowest BCUT2D eigenvalue weighted by Gasteiger charge is -2.25. The summed E-state index contributed by atoms with van der Waals surface area (Å²) in [6, 6.07) is 13.3. The Labute approximate surface area is 278 Å². The summed E-state index contributed by atoms with van der Waals surface area (Å²) in [5.41, 5.74) is 3.20. The van der Waals surface area contributed by atoms with Gasteiger partial charge in [0.25, 0.3) is 10.0 Å². The maximum Gasteiger partial charge on any atom is 0.335 e. The van der Waals surface area contributed by atoms with Gasteiger partial charge in [0, 0.05) is 30.8 Å². The third kappa shape index (κ3) is 8.56. The summed E-state index contributed by atoms with van der Waals surface area (Å²) in [6.07, 6.45) is 5.84. The Kier molecular flexibility index (Phi) is 11.7. The van der Waals surface area contributed by atoms with Gasteiger partial charge in [-0.2, -0.15) is 4.98 Å². The Hall–Kier alpha value is -3.25. The number of carboxylic acid groups (broad SMARTS) is 1. The average molecular weight is 673 g/mol. The first-order valence-electron chi connectivity index (χ1n) is 15.6. The molecule has 3 aromatic rings. The second-order valence-corrected chi connectivity index (χ2v) is 14.6. The van der Waals surface area contributed by atoms with Crippen molar-refractivity contribution in [2.24, 2.45) is 17.8 Å². The van der Waals surface area contributed by atoms with E-state index in [1.54, 1.807) is 6.07 Å². The number of aryl methyl sites for hydroxylation is 2. The molecule has 0 spiro atoms. The van der Waals surface area contributed by atoms with Crippen LogP contribution in [0.25, 0.3) is 11.3 Å². The second kappa shape index (κ2) is 15.1. The van der Waals surface area contributed by atoms with Crippen molar-refractivity contribution in [2.75, 3.05) is 18.4 Å². The quantitative estimate of drug-likeness (QED) is 0.192.